The number of ether oxygens (including phenoxy) is 1. The second-order valence-electron chi connectivity index (χ2n) is 5.35. The number of rotatable bonds is 2. The van der Waals surface area contributed by atoms with Gasteiger partial charge < -0.3 is 9.64 Å². The molecule has 0 N–H and O–H groups in total. The van der Waals surface area contributed by atoms with Crippen molar-refractivity contribution in [1.29, 1.82) is 0 Å². The van der Waals surface area contributed by atoms with Crippen LogP contribution in [0.5, 0.6) is 5.75 Å². The average molecular weight is 299 g/mol. The van der Waals surface area contributed by atoms with Crippen molar-refractivity contribution in [3.63, 3.8) is 0 Å². The zero-order chi connectivity index (χ0) is 14.2. The summed E-state index contributed by atoms with van der Waals surface area (Å²) in [5.74, 6) is 1.76. The van der Waals surface area contributed by atoms with Gasteiger partial charge in [0.15, 0.2) is 5.44 Å². The summed E-state index contributed by atoms with van der Waals surface area (Å²) in [7, 11) is 0. The minimum absolute atomic E-state index is 0.0254. The molecule has 108 valence electrons. The highest BCUT2D eigenvalue weighted by Crippen LogP contribution is 2.44. The first-order chi connectivity index (χ1) is 10.4. The summed E-state index contributed by atoms with van der Waals surface area (Å²) in [6.07, 6.45) is 6.45. The van der Waals surface area contributed by atoms with E-state index >= 15 is 0 Å². The van der Waals surface area contributed by atoms with Gasteiger partial charge in [-0.15, -0.1) is 11.8 Å². The van der Waals surface area contributed by atoms with Gasteiger partial charge in [-0.25, -0.2) is 9.97 Å². The molecule has 2 aliphatic heterocycles. The van der Waals surface area contributed by atoms with Gasteiger partial charge in [-0.1, -0.05) is 12.1 Å². The van der Waals surface area contributed by atoms with Crippen LogP contribution >= 0.6 is 11.8 Å². The molecule has 0 amide bonds. The molecule has 0 saturated carbocycles. The third-order valence-electron chi connectivity index (χ3n) is 4.04. The van der Waals surface area contributed by atoms with Crippen molar-refractivity contribution in [3.8, 4) is 17.0 Å². The fraction of sp³-hybridized carbons (Fsp3) is 0.375. The first-order valence-electron chi connectivity index (χ1n) is 7.27. The Morgan fingerprint density at radius 1 is 1.24 bits per heavy atom. The van der Waals surface area contributed by atoms with Gasteiger partial charge in [0.1, 0.15) is 5.75 Å². The molecular weight excluding hydrogens is 282 g/mol. The highest BCUT2D eigenvalue weighted by Gasteiger charge is 2.28. The molecule has 21 heavy (non-hydrogen) atoms. The maximum absolute atomic E-state index is 6.04. The van der Waals surface area contributed by atoms with Crippen LogP contribution in [0.3, 0.4) is 0 Å². The zero-order valence-corrected chi connectivity index (χ0v) is 12.8. The Bertz CT molecular complexity index is 670. The molecule has 5 heteroatoms. The second kappa shape index (κ2) is 5.22. The Morgan fingerprint density at radius 3 is 2.86 bits per heavy atom. The summed E-state index contributed by atoms with van der Waals surface area (Å²) in [5.41, 5.74) is 3.14. The Balaban J connectivity index is 1.84. The molecule has 1 atom stereocenters. The van der Waals surface area contributed by atoms with Gasteiger partial charge in [-0.2, -0.15) is 0 Å². The van der Waals surface area contributed by atoms with Crippen molar-refractivity contribution in [1.82, 2.24) is 9.97 Å². The molecule has 1 saturated heterocycles. The number of para-hydroxylation sites is 1. The largest absolute Gasteiger partial charge is 0.474 e. The molecule has 0 spiro atoms. The number of thioether (sulfide) groups is 1. The molecule has 0 radical (unpaired) electrons. The highest BCUT2D eigenvalue weighted by atomic mass is 32.2. The quantitative estimate of drug-likeness (QED) is 0.848. The first-order valence-corrected chi connectivity index (χ1v) is 8.56. The fourth-order valence-electron chi connectivity index (χ4n) is 2.96. The van der Waals surface area contributed by atoms with Crippen molar-refractivity contribution in [2.45, 2.75) is 18.3 Å². The van der Waals surface area contributed by atoms with E-state index in [0.717, 1.165) is 41.6 Å². The Hall–Kier alpha value is -1.75. The molecule has 0 bridgehead atoms. The first kappa shape index (κ1) is 13.0. The van der Waals surface area contributed by atoms with Crippen LogP contribution in [0.25, 0.3) is 11.3 Å². The van der Waals surface area contributed by atoms with Crippen LogP contribution in [0.2, 0.25) is 0 Å². The van der Waals surface area contributed by atoms with Crippen LogP contribution in [0.15, 0.2) is 30.5 Å². The van der Waals surface area contributed by atoms with Crippen LogP contribution in [-0.2, 0) is 0 Å². The number of anilines is 1. The predicted octanol–water partition coefficient (Wildman–Crippen LogP) is 3.50. The minimum Gasteiger partial charge on any atom is -0.474 e. The topological polar surface area (TPSA) is 38.2 Å². The lowest BCUT2D eigenvalue weighted by atomic mass is 10.0. The molecule has 2 aliphatic rings. The SMILES string of the molecule is CSC1Oc2ccccc2-c2nc(N3CCCC3)ncc21. The van der Waals surface area contributed by atoms with Crippen molar-refractivity contribution >= 4 is 17.7 Å². The van der Waals surface area contributed by atoms with Gasteiger partial charge >= 0.3 is 0 Å². The van der Waals surface area contributed by atoms with E-state index in [1.165, 1.54) is 12.8 Å². The molecule has 0 aliphatic carbocycles. The number of hydrogen-bond acceptors (Lipinski definition) is 5. The molecule has 2 aromatic rings. The molecule has 1 aromatic carbocycles. The van der Waals surface area contributed by atoms with Crippen LogP contribution < -0.4 is 9.64 Å². The second-order valence-corrected chi connectivity index (χ2v) is 6.25. The Labute approximate surface area is 128 Å². The van der Waals surface area contributed by atoms with Gasteiger partial charge in [-0.05, 0) is 31.2 Å². The normalized spacial score (nSPS) is 19.9. The average Bonchev–Trinajstić information content (AvgIpc) is 3.08. The van der Waals surface area contributed by atoms with E-state index in [0.29, 0.717) is 0 Å². The van der Waals surface area contributed by atoms with Gasteiger partial charge in [0, 0.05) is 30.4 Å². The fourth-order valence-corrected chi connectivity index (χ4v) is 3.58. The van der Waals surface area contributed by atoms with E-state index in [4.69, 9.17) is 9.72 Å². The van der Waals surface area contributed by atoms with E-state index in [2.05, 4.69) is 22.2 Å². The lowest BCUT2D eigenvalue weighted by Gasteiger charge is -2.27. The van der Waals surface area contributed by atoms with Crippen LogP contribution in [0.4, 0.5) is 5.95 Å². The molecule has 1 unspecified atom stereocenters. The summed E-state index contributed by atoms with van der Waals surface area (Å²) in [6, 6.07) is 8.12. The van der Waals surface area contributed by atoms with E-state index in [1.54, 1.807) is 11.8 Å². The molecule has 1 aromatic heterocycles. The lowest BCUT2D eigenvalue weighted by molar-refractivity contribution is 0.290. The highest BCUT2D eigenvalue weighted by molar-refractivity contribution is 7.98. The third kappa shape index (κ3) is 2.16. The Kier molecular flexibility index (Phi) is 3.22. The molecule has 4 rings (SSSR count). The maximum atomic E-state index is 6.04. The van der Waals surface area contributed by atoms with Crippen LogP contribution in [0, 0.1) is 0 Å². The number of aromatic nitrogens is 2. The summed E-state index contributed by atoms with van der Waals surface area (Å²) in [5, 5.41) is 0. The lowest BCUT2D eigenvalue weighted by Crippen LogP contribution is -2.22. The molecule has 4 nitrogen and oxygen atoms in total. The monoisotopic (exact) mass is 299 g/mol. The van der Waals surface area contributed by atoms with Crippen LogP contribution in [-0.4, -0.2) is 29.3 Å². The summed E-state index contributed by atoms with van der Waals surface area (Å²) < 4.78 is 6.04. The summed E-state index contributed by atoms with van der Waals surface area (Å²) >= 11 is 1.67. The molecule has 1 fully saturated rings. The van der Waals surface area contributed by atoms with Gasteiger partial charge in [-0.3, -0.25) is 0 Å². The minimum atomic E-state index is -0.0254. The molecule has 3 heterocycles. The number of fused-ring (bicyclic) bond motifs is 3. The van der Waals surface area contributed by atoms with E-state index < -0.39 is 0 Å². The van der Waals surface area contributed by atoms with E-state index in [-0.39, 0.29) is 5.44 Å². The van der Waals surface area contributed by atoms with E-state index in [1.807, 2.05) is 24.4 Å². The van der Waals surface area contributed by atoms with Crippen LogP contribution in [0.1, 0.15) is 23.8 Å². The summed E-state index contributed by atoms with van der Waals surface area (Å²) in [6.45, 7) is 2.12. The predicted molar refractivity (Wildman–Crippen MR) is 85.8 cm³/mol. The van der Waals surface area contributed by atoms with Crippen molar-refractivity contribution in [2.24, 2.45) is 0 Å². The third-order valence-corrected chi connectivity index (χ3v) is 4.82. The van der Waals surface area contributed by atoms with Crippen molar-refractivity contribution < 1.29 is 4.74 Å². The summed E-state index contributed by atoms with van der Waals surface area (Å²) in [4.78, 5) is 11.7. The van der Waals surface area contributed by atoms with Gasteiger partial charge in [0.25, 0.3) is 0 Å². The van der Waals surface area contributed by atoms with Crippen molar-refractivity contribution in [2.75, 3.05) is 24.2 Å². The Morgan fingerprint density at radius 2 is 2.05 bits per heavy atom. The smallest absolute Gasteiger partial charge is 0.225 e. The standard InChI is InChI=1S/C16H17N3OS/c1-21-15-12-10-17-16(19-8-4-5-9-19)18-14(12)11-6-2-3-7-13(11)20-15/h2-3,6-7,10,15H,4-5,8-9H2,1H3. The number of benzene rings is 1. The zero-order valence-electron chi connectivity index (χ0n) is 12.0. The van der Waals surface area contributed by atoms with Gasteiger partial charge in [0.05, 0.1) is 5.69 Å². The maximum Gasteiger partial charge on any atom is 0.225 e. The van der Waals surface area contributed by atoms with Gasteiger partial charge in [0.2, 0.25) is 5.95 Å². The number of hydrogen-bond donors (Lipinski definition) is 0. The number of nitrogens with zero attached hydrogens (tertiary/aromatic N) is 3. The molecular formula is C16H17N3OS. The van der Waals surface area contributed by atoms with E-state index in [9.17, 15) is 0 Å². The van der Waals surface area contributed by atoms with Crippen molar-refractivity contribution in [3.05, 3.63) is 36.0 Å².